The molecule has 1 rings (SSSR count). The topological polar surface area (TPSA) is 84.9 Å². The van der Waals surface area contributed by atoms with Crippen molar-refractivity contribution in [2.45, 2.75) is 97.6 Å². The number of nitrogens with one attached hydrogen (secondary N) is 1. The van der Waals surface area contributed by atoms with Gasteiger partial charge in [0.05, 0.1) is 13.2 Å². The van der Waals surface area contributed by atoms with E-state index in [4.69, 9.17) is 9.47 Å². The van der Waals surface area contributed by atoms with Crippen molar-refractivity contribution in [3.63, 3.8) is 0 Å². The fourth-order valence-corrected chi connectivity index (χ4v) is 3.15. The number of hydrogen-bond donors (Lipinski definition) is 2. The van der Waals surface area contributed by atoms with E-state index < -0.39 is 23.8 Å². The van der Waals surface area contributed by atoms with Gasteiger partial charge >= 0.3 is 6.09 Å². The van der Waals surface area contributed by atoms with Gasteiger partial charge in [0.1, 0.15) is 16.9 Å². The summed E-state index contributed by atoms with van der Waals surface area (Å²) in [5.41, 5.74) is -0.336. The summed E-state index contributed by atoms with van der Waals surface area (Å²) >= 11 is 0. The lowest BCUT2D eigenvalue weighted by atomic mass is 9.92. The number of aliphatic hydroxyl groups excluding tert-OH is 1. The van der Waals surface area contributed by atoms with Gasteiger partial charge in [-0.15, -0.1) is 0 Å². The molecule has 0 fully saturated rings. The van der Waals surface area contributed by atoms with Gasteiger partial charge in [0.25, 0.3) is 0 Å². The number of aryl methyl sites for hydroxylation is 1. The number of carbonyl (C=O) groups excluding carboxylic acids is 2. The summed E-state index contributed by atoms with van der Waals surface area (Å²) < 4.78 is 11.1. The largest absolute Gasteiger partial charge is 0.493 e. The first-order chi connectivity index (χ1) is 14.5. The number of aliphatic hydroxyl groups is 1. The summed E-state index contributed by atoms with van der Waals surface area (Å²) in [6, 6.07) is 5.65. The van der Waals surface area contributed by atoms with E-state index in [-0.39, 0.29) is 12.2 Å². The highest BCUT2D eigenvalue weighted by Crippen LogP contribution is 2.21. The molecule has 0 aliphatic heterocycles. The third-order valence-corrected chi connectivity index (χ3v) is 5.07. The van der Waals surface area contributed by atoms with Crippen LogP contribution in [0.2, 0.25) is 0 Å². The van der Waals surface area contributed by atoms with Crippen LogP contribution >= 0.6 is 0 Å². The standard InChI is InChI=1S/C25H41NO5/c1-7-8-9-10-11-12-15-30-21-14-13-20(16-19(21)2)17-22(28)25(6,18-27)26-23(29)31-24(3,4)5/h13-14,16,27H,7-12,15,17-18H2,1-6H3,(H,26,29)/t25-/m0/s1. The molecular formula is C25H41NO5. The van der Waals surface area contributed by atoms with Crippen LogP contribution in [0.1, 0.15) is 84.3 Å². The molecule has 0 unspecified atom stereocenters. The monoisotopic (exact) mass is 435 g/mol. The molecule has 1 atom stereocenters. The van der Waals surface area contributed by atoms with Gasteiger partial charge in [-0.2, -0.15) is 0 Å². The maximum atomic E-state index is 12.8. The van der Waals surface area contributed by atoms with Gasteiger partial charge in [0, 0.05) is 6.42 Å². The quantitative estimate of drug-likeness (QED) is 0.420. The molecule has 1 aromatic carbocycles. The Labute approximate surface area is 187 Å². The first kappa shape index (κ1) is 27.0. The number of benzene rings is 1. The summed E-state index contributed by atoms with van der Waals surface area (Å²) in [7, 11) is 0. The minimum Gasteiger partial charge on any atom is -0.493 e. The van der Waals surface area contributed by atoms with Gasteiger partial charge in [0.15, 0.2) is 5.78 Å². The molecule has 0 radical (unpaired) electrons. The average molecular weight is 436 g/mol. The third kappa shape index (κ3) is 10.2. The number of ether oxygens (including phenoxy) is 2. The zero-order valence-electron chi connectivity index (χ0n) is 20.2. The Bertz CT molecular complexity index is 710. The molecule has 6 heteroatoms. The van der Waals surface area contributed by atoms with Crippen LogP contribution in [0.25, 0.3) is 0 Å². The van der Waals surface area contributed by atoms with Crippen molar-refractivity contribution < 1.29 is 24.2 Å². The third-order valence-electron chi connectivity index (χ3n) is 5.07. The molecule has 0 heterocycles. The highest BCUT2D eigenvalue weighted by molar-refractivity contribution is 5.93. The number of alkyl carbamates (subject to hydrolysis) is 1. The minimum atomic E-state index is -1.41. The van der Waals surface area contributed by atoms with Gasteiger partial charge in [-0.3, -0.25) is 4.79 Å². The Kier molecular flexibility index (Phi) is 11.0. The van der Waals surface area contributed by atoms with E-state index >= 15 is 0 Å². The van der Waals surface area contributed by atoms with Crippen LogP contribution in [0.3, 0.4) is 0 Å². The van der Waals surface area contributed by atoms with Gasteiger partial charge in [-0.25, -0.2) is 4.79 Å². The molecule has 0 bridgehead atoms. The number of ketones is 1. The first-order valence-electron chi connectivity index (χ1n) is 11.4. The fraction of sp³-hybridized carbons (Fsp3) is 0.680. The van der Waals surface area contributed by atoms with Crippen LogP contribution in [0.4, 0.5) is 4.79 Å². The van der Waals surface area contributed by atoms with Crippen molar-refractivity contribution in [3.8, 4) is 5.75 Å². The second-order valence-corrected chi connectivity index (χ2v) is 9.43. The summed E-state index contributed by atoms with van der Waals surface area (Å²) in [4.78, 5) is 24.9. The van der Waals surface area contributed by atoms with E-state index in [1.807, 2.05) is 25.1 Å². The summed E-state index contributed by atoms with van der Waals surface area (Å²) in [5.74, 6) is 0.530. The molecule has 6 nitrogen and oxygen atoms in total. The lowest BCUT2D eigenvalue weighted by molar-refractivity contribution is -0.125. The number of unbranched alkanes of at least 4 members (excludes halogenated alkanes) is 5. The van der Waals surface area contributed by atoms with Gasteiger partial charge < -0.3 is 19.9 Å². The highest BCUT2D eigenvalue weighted by Gasteiger charge is 2.35. The first-order valence-corrected chi connectivity index (χ1v) is 11.4. The van der Waals surface area contributed by atoms with E-state index in [0.29, 0.717) is 6.61 Å². The SMILES string of the molecule is CCCCCCCCOc1ccc(CC(=O)[C@](C)(CO)NC(=O)OC(C)(C)C)cc1C. The molecule has 1 amide bonds. The van der Waals surface area contributed by atoms with Crippen molar-refractivity contribution in [2.75, 3.05) is 13.2 Å². The predicted molar refractivity (Wildman–Crippen MR) is 124 cm³/mol. The van der Waals surface area contributed by atoms with E-state index in [1.54, 1.807) is 20.8 Å². The Hall–Kier alpha value is -2.08. The molecule has 31 heavy (non-hydrogen) atoms. The lowest BCUT2D eigenvalue weighted by Gasteiger charge is -2.29. The highest BCUT2D eigenvalue weighted by atomic mass is 16.6. The second kappa shape index (κ2) is 12.7. The van der Waals surface area contributed by atoms with Gasteiger partial charge in [0.2, 0.25) is 0 Å². The number of carbonyl (C=O) groups is 2. The summed E-state index contributed by atoms with van der Waals surface area (Å²) in [5, 5.41) is 12.3. The number of hydrogen-bond acceptors (Lipinski definition) is 5. The molecule has 1 aromatic rings. The Balaban J connectivity index is 2.61. The lowest BCUT2D eigenvalue weighted by Crippen LogP contribution is -2.56. The number of rotatable bonds is 13. The van der Waals surface area contributed by atoms with Crippen molar-refractivity contribution in [3.05, 3.63) is 29.3 Å². The zero-order valence-corrected chi connectivity index (χ0v) is 20.2. The van der Waals surface area contributed by atoms with E-state index in [1.165, 1.54) is 39.0 Å². The van der Waals surface area contributed by atoms with Crippen molar-refractivity contribution in [1.29, 1.82) is 0 Å². The van der Waals surface area contributed by atoms with Crippen LogP contribution in [0, 0.1) is 6.92 Å². The minimum absolute atomic E-state index is 0.0887. The van der Waals surface area contributed by atoms with Crippen molar-refractivity contribution in [2.24, 2.45) is 0 Å². The molecule has 176 valence electrons. The van der Waals surface area contributed by atoms with Crippen LogP contribution in [-0.4, -0.2) is 41.3 Å². The molecule has 0 aliphatic rings. The van der Waals surface area contributed by atoms with Crippen LogP contribution in [-0.2, 0) is 16.0 Å². The van der Waals surface area contributed by atoms with Gasteiger partial charge in [-0.1, -0.05) is 51.2 Å². The maximum absolute atomic E-state index is 12.8. The van der Waals surface area contributed by atoms with Crippen molar-refractivity contribution >= 4 is 11.9 Å². The summed E-state index contributed by atoms with van der Waals surface area (Å²) in [6.45, 7) is 11.1. The van der Waals surface area contributed by atoms with E-state index in [9.17, 15) is 14.7 Å². The number of amides is 1. The van der Waals surface area contributed by atoms with Crippen LogP contribution < -0.4 is 10.1 Å². The van der Waals surface area contributed by atoms with E-state index in [0.717, 1.165) is 23.3 Å². The smallest absolute Gasteiger partial charge is 0.408 e. The normalized spacial score (nSPS) is 13.4. The van der Waals surface area contributed by atoms with Gasteiger partial charge in [-0.05, 0) is 58.2 Å². The Morgan fingerprint density at radius 1 is 1.03 bits per heavy atom. The predicted octanol–water partition coefficient (Wildman–Crippen LogP) is 5.12. The zero-order chi connectivity index (χ0) is 23.5. The molecule has 0 spiro atoms. The number of Topliss-reactive ketones (excluding diaryl/α,β-unsaturated/α-hetero) is 1. The molecule has 0 aromatic heterocycles. The Morgan fingerprint density at radius 3 is 2.26 bits per heavy atom. The molecular weight excluding hydrogens is 394 g/mol. The molecule has 0 saturated heterocycles. The fourth-order valence-electron chi connectivity index (χ4n) is 3.15. The maximum Gasteiger partial charge on any atom is 0.408 e. The molecule has 0 aliphatic carbocycles. The average Bonchev–Trinajstić information content (AvgIpc) is 2.67. The van der Waals surface area contributed by atoms with Crippen LogP contribution in [0.15, 0.2) is 18.2 Å². The Morgan fingerprint density at radius 2 is 1.68 bits per heavy atom. The molecule has 0 saturated carbocycles. The summed E-state index contributed by atoms with van der Waals surface area (Å²) in [6.07, 6.45) is 6.65. The molecule has 2 N–H and O–H groups in total. The second-order valence-electron chi connectivity index (χ2n) is 9.43. The van der Waals surface area contributed by atoms with E-state index in [2.05, 4.69) is 12.2 Å². The van der Waals surface area contributed by atoms with Crippen LogP contribution in [0.5, 0.6) is 5.75 Å². The van der Waals surface area contributed by atoms with Crippen molar-refractivity contribution in [1.82, 2.24) is 5.32 Å².